The summed E-state index contributed by atoms with van der Waals surface area (Å²) in [5, 5.41) is 13.0. The summed E-state index contributed by atoms with van der Waals surface area (Å²) in [6.45, 7) is 2.83. The van der Waals surface area contributed by atoms with Gasteiger partial charge in [0.15, 0.2) is 0 Å². The molecule has 0 amide bonds. The molecular formula is C17H25NO2. The van der Waals surface area contributed by atoms with E-state index in [1.54, 1.807) is 0 Å². The SMILES string of the molecule is CCC1CCCC(NCc2ccccc2)(C(=O)O)CC1. The summed E-state index contributed by atoms with van der Waals surface area (Å²) >= 11 is 0. The van der Waals surface area contributed by atoms with Crippen LogP contribution < -0.4 is 5.32 Å². The quantitative estimate of drug-likeness (QED) is 0.807. The number of benzene rings is 1. The largest absolute Gasteiger partial charge is 0.480 e. The molecule has 2 atom stereocenters. The minimum atomic E-state index is -0.736. The second-order valence-electron chi connectivity index (χ2n) is 5.93. The van der Waals surface area contributed by atoms with Gasteiger partial charge in [0.05, 0.1) is 0 Å². The van der Waals surface area contributed by atoms with Gasteiger partial charge in [0, 0.05) is 6.54 Å². The van der Waals surface area contributed by atoms with Crippen LogP contribution in [-0.2, 0) is 11.3 Å². The van der Waals surface area contributed by atoms with Crippen LogP contribution in [0.4, 0.5) is 0 Å². The van der Waals surface area contributed by atoms with Crippen LogP contribution in [0.15, 0.2) is 30.3 Å². The van der Waals surface area contributed by atoms with Crippen molar-refractivity contribution in [3.63, 3.8) is 0 Å². The molecule has 0 aromatic heterocycles. The summed E-state index contributed by atoms with van der Waals surface area (Å²) < 4.78 is 0. The molecule has 2 N–H and O–H groups in total. The Morgan fingerprint density at radius 1 is 1.30 bits per heavy atom. The van der Waals surface area contributed by atoms with Gasteiger partial charge in [0.1, 0.15) is 5.54 Å². The van der Waals surface area contributed by atoms with Gasteiger partial charge in [0.25, 0.3) is 0 Å². The van der Waals surface area contributed by atoms with Gasteiger partial charge in [-0.1, -0.05) is 56.5 Å². The molecule has 0 aliphatic heterocycles. The van der Waals surface area contributed by atoms with Crippen LogP contribution in [0.25, 0.3) is 0 Å². The molecule has 1 aromatic rings. The molecule has 3 heteroatoms. The maximum Gasteiger partial charge on any atom is 0.323 e. The molecule has 0 heterocycles. The Morgan fingerprint density at radius 2 is 2.05 bits per heavy atom. The molecule has 2 unspecified atom stereocenters. The molecule has 0 bridgehead atoms. The van der Waals surface area contributed by atoms with E-state index in [9.17, 15) is 9.90 Å². The van der Waals surface area contributed by atoms with Crippen LogP contribution in [-0.4, -0.2) is 16.6 Å². The summed E-state index contributed by atoms with van der Waals surface area (Å²) in [5.41, 5.74) is 0.407. The smallest absolute Gasteiger partial charge is 0.323 e. The van der Waals surface area contributed by atoms with Crippen molar-refractivity contribution < 1.29 is 9.90 Å². The Morgan fingerprint density at radius 3 is 2.70 bits per heavy atom. The first-order valence-electron chi connectivity index (χ1n) is 7.68. The molecule has 2 rings (SSSR count). The maximum atomic E-state index is 11.8. The Labute approximate surface area is 121 Å². The van der Waals surface area contributed by atoms with E-state index >= 15 is 0 Å². The highest BCUT2D eigenvalue weighted by Gasteiger charge is 2.39. The first-order valence-corrected chi connectivity index (χ1v) is 7.68. The van der Waals surface area contributed by atoms with E-state index in [1.165, 1.54) is 6.42 Å². The Balaban J connectivity index is 2.04. The number of hydrogen-bond donors (Lipinski definition) is 2. The Bertz CT molecular complexity index is 432. The van der Waals surface area contributed by atoms with Crippen molar-refractivity contribution in [2.75, 3.05) is 0 Å². The van der Waals surface area contributed by atoms with Gasteiger partial charge < -0.3 is 5.11 Å². The molecule has 110 valence electrons. The minimum Gasteiger partial charge on any atom is -0.480 e. The second-order valence-corrected chi connectivity index (χ2v) is 5.93. The lowest BCUT2D eigenvalue weighted by Crippen LogP contribution is -2.51. The number of carboxylic acids is 1. The van der Waals surface area contributed by atoms with Gasteiger partial charge in [-0.3, -0.25) is 10.1 Å². The molecule has 1 saturated carbocycles. The van der Waals surface area contributed by atoms with E-state index in [4.69, 9.17) is 0 Å². The normalized spacial score (nSPS) is 26.9. The minimum absolute atomic E-state index is 0.629. The molecule has 1 fully saturated rings. The first kappa shape index (κ1) is 15.0. The highest BCUT2D eigenvalue weighted by molar-refractivity contribution is 5.78. The van der Waals surface area contributed by atoms with Gasteiger partial charge in [-0.05, 0) is 30.7 Å². The number of rotatable bonds is 5. The van der Waals surface area contributed by atoms with Gasteiger partial charge in [-0.25, -0.2) is 0 Å². The Hall–Kier alpha value is -1.35. The van der Waals surface area contributed by atoms with Crippen molar-refractivity contribution in [2.45, 2.75) is 57.5 Å². The predicted octanol–water partition coefficient (Wildman–Crippen LogP) is 3.59. The van der Waals surface area contributed by atoms with Crippen molar-refractivity contribution in [3.05, 3.63) is 35.9 Å². The van der Waals surface area contributed by atoms with Crippen molar-refractivity contribution in [2.24, 2.45) is 5.92 Å². The van der Waals surface area contributed by atoms with Gasteiger partial charge in [-0.15, -0.1) is 0 Å². The summed E-state index contributed by atoms with van der Waals surface area (Å²) in [4.78, 5) is 11.8. The van der Waals surface area contributed by atoms with Gasteiger partial charge in [-0.2, -0.15) is 0 Å². The molecule has 0 saturated heterocycles. The zero-order valence-electron chi connectivity index (χ0n) is 12.3. The van der Waals surface area contributed by atoms with Crippen LogP contribution in [0.3, 0.4) is 0 Å². The standard InChI is InChI=1S/C17H25NO2/c1-2-14-9-6-11-17(12-10-14,16(19)20)18-13-15-7-4-3-5-8-15/h3-5,7-8,14,18H,2,6,9-13H2,1H3,(H,19,20). The van der Waals surface area contributed by atoms with Crippen LogP contribution in [0.1, 0.15) is 51.0 Å². The van der Waals surface area contributed by atoms with Gasteiger partial charge >= 0.3 is 5.97 Å². The predicted molar refractivity (Wildman–Crippen MR) is 80.5 cm³/mol. The van der Waals surface area contributed by atoms with E-state index in [-0.39, 0.29) is 0 Å². The zero-order valence-corrected chi connectivity index (χ0v) is 12.3. The monoisotopic (exact) mass is 275 g/mol. The van der Waals surface area contributed by atoms with Gasteiger partial charge in [0.2, 0.25) is 0 Å². The van der Waals surface area contributed by atoms with Crippen molar-refractivity contribution >= 4 is 5.97 Å². The fraction of sp³-hybridized carbons (Fsp3) is 0.588. The molecule has 0 radical (unpaired) electrons. The van der Waals surface area contributed by atoms with Crippen LogP contribution in [0.5, 0.6) is 0 Å². The van der Waals surface area contributed by atoms with Crippen LogP contribution in [0, 0.1) is 5.92 Å². The third-order valence-electron chi connectivity index (χ3n) is 4.66. The van der Waals surface area contributed by atoms with E-state index in [0.29, 0.717) is 12.5 Å². The van der Waals surface area contributed by atoms with E-state index in [0.717, 1.165) is 37.7 Å². The zero-order chi connectivity index (χ0) is 14.4. The molecule has 3 nitrogen and oxygen atoms in total. The Kier molecular flexibility index (Phi) is 5.18. The summed E-state index contributed by atoms with van der Waals surface area (Å²) in [7, 11) is 0. The third kappa shape index (κ3) is 3.60. The highest BCUT2D eigenvalue weighted by atomic mass is 16.4. The molecule has 1 aliphatic carbocycles. The number of aliphatic carboxylic acids is 1. The van der Waals surface area contributed by atoms with Crippen LogP contribution >= 0.6 is 0 Å². The lowest BCUT2D eigenvalue weighted by Gasteiger charge is -2.29. The summed E-state index contributed by atoms with van der Waals surface area (Å²) in [6, 6.07) is 10.0. The third-order valence-corrected chi connectivity index (χ3v) is 4.66. The van der Waals surface area contributed by atoms with E-state index in [1.807, 2.05) is 30.3 Å². The first-order chi connectivity index (χ1) is 9.66. The fourth-order valence-electron chi connectivity index (χ4n) is 3.15. The summed E-state index contributed by atoms with van der Waals surface area (Å²) in [5.74, 6) is -0.0000607. The average Bonchev–Trinajstić information content (AvgIpc) is 2.69. The molecule has 0 spiro atoms. The van der Waals surface area contributed by atoms with E-state index < -0.39 is 11.5 Å². The van der Waals surface area contributed by atoms with Crippen LogP contribution in [0.2, 0.25) is 0 Å². The fourth-order valence-corrected chi connectivity index (χ4v) is 3.15. The number of nitrogens with one attached hydrogen (secondary N) is 1. The number of hydrogen-bond acceptors (Lipinski definition) is 2. The maximum absolute atomic E-state index is 11.8. The van der Waals surface area contributed by atoms with E-state index in [2.05, 4.69) is 12.2 Å². The average molecular weight is 275 g/mol. The lowest BCUT2D eigenvalue weighted by molar-refractivity contribution is -0.145. The highest BCUT2D eigenvalue weighted by Crippen LogP contribution is 2.32. The molecule has 1 aromatic carbocycles. The molecular weight excluding hydrogens is 250 g/mol. The lowest BCUT2D eigenvalue weighted by atomic mass is 9.89. The van der Waals surface area contributed by atoms with Crippen molar-refractivity contribution in [1.29, 1.82) is 0 Å². The number of carboxylic acid groups (broad SMARTS) is 1. The number of carbonyl (C=O) groups is 1. The molecule has 1 aliphatic rings. The van der Waals surface area contributed by atoms with Crippen molar-refractivity contribution in [3.8, 4) is 0 Å². The second kappa shape index (κ2) is 6.89. The van der Waals surface area contributed by atoms with Crippen molar-refractivity contribution in [1.82, 2.24) is 5.32 Å². The topological polar surface area (TPSA) is 49.3 Å². The molecule has 20 heavy (non-hydrogen) atoms. The summed E-state index contributed by atoms with van der Waals surface area (Å²) in [6.07, 6.45) is 5.84.